The van der Waals surface area contributed by atoms with E-state index in [9.17, 15) is 10.1 Å². The molecule has 1 aromatic rings. The lowest BCUT2D eigenvalue weighted by molar-refractivity contribution is -0.385. The highest BCUT2D eigenvalue weighted by molar-refractivity contribution is 5.61. The summed E-state index contributed by atoms with van der Waals surface area (Å²) in [7, 11) is 0. The molecule has 0 aliphatic heterocycles. The Balaban J connectivity index is 2.87. The Bertz CT molecular complexity index is 492. The summed E-state index contributed by atoms with van der Waals surface area (Å²) in [6, 6.07) is 0. The molecule has 0 fully saturated rings. The third-order valence-electron chi connectivity index (χ3n) is 3.02. The highest BCUT2D eigenvalue weighted by Crippen LogP contribution is 2.32. The van der Waals surface area contributed by atoms with Gasteiger partial charge in [0.05, 0.1) is 11.5 Å². The average molecular weight is 310 g/mol. The van der Waals surface area contributed by atoms with Crippen molar-refractivity contribution in [3.8, 4) is 5.88 Å². The predicted molar refractivity (Wildman–Crippen MR) is 86.4 cm³/mol. The highest BCUT2D eigenvalue weighted by Gasteiger charge is 2.25. The molecule has 22 heavy (non-hydrogen) atoms. The van der Waals surface area contributed by atoms with E-state index in [1.807, 2.05) is 13.8 Å². The van der Waals surface area contributed by atoms with Crippen LogP contribution in [0, 0.1) is 23.0 Å². The van der Waals surface area contributed by atoms with Gasteiger partial charge in [0.25, 0.3) is 5.88 Å². The number of nitro groups is 1. The summed E-state index contributed by atoms with van der Waals surface area (Å²) in [5.74, 6) is 1.01. The highest BCUT2D eigenvalue weighted by atomic mass is 16.6. The van der Waals surface area contributed by atoms with E-state index >= 15 is 0 Å². The zero-order chi connectivity index (χ0) is 16.5. The molecule has 0 amide bonds. The molecule has 1 aromatic heterocycles. The molecule has 0 aliphatic rings. The number of aryl methyl sites for hydroxylation is 1. The molecule has 0 spiro atoms. The van der Waals surface area contributed by atoms with Gasteiger partial charge in [0, 0.05) is 6.54 Å². The molecule has 7 heteroatoms. The Kier molecular flexibility index (Phi) is 7.56. The Hall–Kier alpha value is -1.92. The lowest BCUT2D eigenvalue weighted by atomic mass is 10.2. The Labute approximate surface area is 131 Å². The van der Waals surface area contributed by atoms with Gasteiger partial charge in [-0.1, -0.05) is 40.0 Å². The van der Waals surface area contributed by atoms with Gasteiger partial charge < -0.3 is 10.1 Å². The van der Waals surface area contributed by atoms with Crippen LogP contribution in [0.25, 0.3) is 0 Å². The van der Waals surface area contributed by atoms with Gasteiger partial charge in [-0.05, 0) is 19.3 Å². The molecule has 124 valence electrons. The van der Waals surface area contributed by atoms with Gasteiger partial charge in [0.15, 0.2) is 0 Å². The summed E-state index contributed by atoms with van der Waals surface area (Å²) in [5.41, 5.74) is -0.179. The number of anilines is 1. The first kappa shape index (κ1) is 18.1. The van der Waals surface area contributed by atoms with E-state index in [-0.39, 0.29) is 23.3 Å². The van der Waals surface area contributed by atoms with Gasteiger partial charge in [-0.3, -0.25) is 10.1 Å². The minimum absolute atomic E-state index is 0.0438. The van der Waals surface area contributed by atoms with Gasteiger partial charge in [-0.25, -0.2) is 4.98 Å². The summed E-state index contributed by atoms with van der Waals surface area (Å²) in [6.07, 6.45) is 4.36. The molecule has 1 N–H and O–H groups in total. The quantitative estimate of drug-likeness (QED) is 0.402. The van der Waals surface area contributed by atoms with Crippen molar-refractivity contribution in [3.63, 3.8) is 0 Å². The molecule has 1 heterocycles. The topological polar surface area (TPSA) is 90.2 Å². The van der Waals surface area contributed by atoms with E-state index in [1.54, 1.807) is 6.92 Å². The van der Waals surface area contributed by atoms with Crippen molar-refractivity contribution in [1.29, 1.82) is 0 Å². The summed E-state index contributed by atoms with van der Waals surface area (Å²) >= 11 is 0. The average Bonchev–Trinajstić information content (AvgIpc) is 2.44. The maximum absolute atomic E-state index is 11.3. The molecule has 7 nitrogen and oxygen atoms in total. The Morgan fingerprint density at radius 2 is 2.00 bits per heavy atom. The fourth-order valence-electron chi connectivity index (χ4n) is 1.93. The fourth-order valence-corrected chi connectivity index (χ4v) is 1.93. The smallest absolute Gasteiger partial charge is 0.372 e. The third-order valence-corrected chi connectivity index (χ3v) is 3.02. The van der Waals surface area contributed by atoms with Crippen LogP contribution in [0.5, 0.6) is 5.88 Å². The number of unbranched alkanes of at least 4 members (excludes halogenated alkanes) is 3. The number of aromatic nitrogens is 2. The monoisotopic (exact) mass is 310 g/mol. The summed E-state index contributed by atoms with van der Waals surface area (Å²) in [4.78, 5) is 19.1. The number of nitrogens with zero attached hydrogens (tertiary/aromatic N) is 3. The number of rotatable bonds is 10. The summed E-state index contributed by atoms with van der Waals surface area (Å²) < 4.78 is 5.49. The van der Waals surface area contributed by atoms with Crippen molar-refractivity contribution in [3.05, 3.63) is 15.9 Å². The molecule has 0 bridgehead atoms. The maximum atomic E-state index is 11.3. The zero-order valence-corrected chi connectivity index (χ0v) is 13.9. The van der Waals surface area contributed by atoms with Crippen LogP contribution in [0.4, 0.5) is 11.5 Å². The minimum Gasteiger partial charge on any atom is -0.472 e. The van der Waals surface area contributed by atoms with Crippen molar-refractivity contribution in [2.75, 3.05) is 18.5 Å². The van der Waals surface area contributed by atoms with Crippen molar-refractivity contribution < 1.29 is 9.66 Å². The number of hydrogen-bond acceptors (Lipinski definition) is 6. The van der Waals surface area contributed by atoms with Crippen LogP contribution < -0.4 is 10.1 Å². The van der Waals surface area contributed by atoms with Crippen LogP contribution in [0.15, 0.2) is 0 Å². The lowest BCUT2D eigenvalue weighted by Gasteiger charge is -2.12. The first-order valence-electron chi connectivity index (χ1n) is 7.85. The van der Waals surface area contributed by atoms with Crippen LogP contribution >= 0.6 is 0 Å². The largest absolute Gasteiger partial charge is 0.472 e. The first-order chi connectivity index (χ1) is 10.5. The third kappa shape index (κ3) is 5.83. The lowest BCUT2D eigenvalue weighted by Crippen LogP contribution is -2.12. The van der Waals surface area contributed by atoms with Crippen LogP contribution in [0.3, 0.4) is 0 Å². The molecule has 0 saturated heterocycles. The van der Waals surface area contributed by atoms with E-state index in [0.717, 1.165) is 25.7 Å². The summed E-state index contributed by atoms with van der Waals surface area (Å²) in [6.45, 7) is 8.84. The second-order valence-corrected chi connectivity index (χ2v) is 5.72. The number of nitrogens with one attached hydrogen (secondary N) is 1. The zero-order valence-electron chi connectivity index (χ0n) is 13.9. The van der Waals surface area contributed by atoms with Crippen molar-refractivity contribution >= 4 is 11.5 Å². The van der Waals surface area contributed by atoms with Gasteiger partial charge in [-0.2, -0.15) is 4.98 Å². The van der Waals surface area contributed by atoms with Crippen molar-refractivity contribution in [1.82, 2.24) is 9.97 Å². The molecule has 0 saturated carbocycles. The van der Waals surface area contributed by atoms with E-state index < -0.39 is 4.92 Å². The molecular weight excluding hydrogens is 284 g/mol. The van der Waals surface area contributed by atoms with Crippen molar-refractivity contribution in [2.24, 2.45) is 5.92 Å². The maximum Gasteiger partial charge on any atom is 0.372 e. The standard InChI is InChI=1S/C15H26N4O3/c1-5-6-7-8-9-16-14-13(19(20)21)15(18-12(4)17-14)22-10-11(2)3/h11H,5-10H2,1-4H3,(H,16,17,18). The van der Waals surface area contributed by atoms with Crippen LogP contribution in [0.2, 0.25) is 0 Å². The molecule has 1 rings (SSSR count). The SMILES string of the molecule is CCCCCCNc1nc(C)nc(OCC(C)C)c1[N+](=O)[O-]. The molecular formula is C15H26N4O3. The molecule has 0 radical (unpaired) electrons. The normalized spacial score (nSPS) is 10.8. The molecule has 0 unspecified atom stereocenters. The van der Waals surface area contributed by atoms with E-state index in [2.05, 4.69) is 22.2 Å². The fraction of sp³-hybridized carbons (Fsp3) is 0.733. The van der Waals surface area contributed by atoms with Gasteiger partial charge >= 0.3 is 5.69 Å². The van der Waals surface area contributed by atoms with Crippen LogP contribution in [-0.2, 0) is 0 Å². The van der Waals surface area contributed by atoms with Crippen LogP contribution in [0.1, 0.15) is 52.3 Å². The van der Waals surface area contributed by atoms with Crippen molar-refractivity contribution in [2.45, 2.75) is 53.4 Å². The van der Waals surface area contributed by atoms with E-state index in [0.29, 0.717) is 19.0 Å². The van der Waals surface area contributed by atoms with Gasteiger partial charge in [0.1, 0.15) is 5.82 Å². The van der Waals surface area contributed by atoms with E-state index in [1.165, 1.54) is 0 Å². The van der Waals surface area contributed by atoms with Crippen LogP contribution in [-0.4, -0.2) is 28.0 Å². The Morgan fingerprint density at radius 3 is 2.59 bits per heavy atom. The predicted octanol–water partition coefficient (Wildman–Crippen LogP) is 3.72. The second kappa shape index (κ2) is 9.17. The summed E-state index contributed by atoms with van der Waals surface area (Å²) in [5, 5.41) is 14.4. The van der Waals surface area contributed by atoms with E-state index in [4.69, 9.17) is 4.74 Å². The molecule has 0 aliphatic carbocycles. The molecule has 0 aromatic carbocycles. The second-order valence-electron chi connectivity index (χ2n) is 5.72. The first-order valence-corrected chi connectivity index (χ1v) is 7.85. The molecule has 0 atom stereocenters. The minimum atomic E-state index is -0.483. The Morgan fingerprint density at radius 1 is 1.27 bits per heavy atom. The van der Waals surface area contributed by atoms with Gasteiger partial charge in [0.2, 0.25) is 5.82 Å². The number of hydrogen-bond donors (Lipinski definition) is 1. The van der Waals surface area contributed by atoms with Gasteiger partial charge in [-0.15, -0.1) is 0 Å². The number of ether oxygens (including phenoxy) is 1.